The first-order valence-corrected chi connectivity index (χ1v) is 6.20. The van der Waals surface area contributed by atoms with Crippen LogP contribution in [0.15, 0.2) is 24.4 Å². The van der Waals surface area contributed by atoms with Gasteiger partial charge < -0.3 is 19.5 Å². The summed E-state index contributed by atoms with van der Waals surface area (Å²) in [5.41, 5.74) is 1.02. The molecule has 0 saturated heterocycles. The van der Waals surface area contributed by atoms with E-state index in [1.54, 1.807) is 26.0 Å². The first-order valence-electron chi connectivity index (χ1n) is 6.20. The molecule has 108 valence electrons. The maximum atomic E-state index is 5.32. The minimum absolute atomic E-state index is 0.594. The van der Waals surface area contributed by atoms with Crippen molar-refractivity contribution in [3.8, 4) is 17.2 Å². The first kappa shape index (κ1) is 14.0. The number of benzene rings is 1. The van der Waals surface area contributed by atoms with E-state index in [0.717, 1.165) is 11.4 Å². The summed E-state index contributed by atoms with van der Waals surface area (Å²) in [4.78, 5) is 0. The molecule has 6 heteroatoms. The number of rotatable bonds is 6. The second kappa shape index (κ2) is 6.18. The van der Waals surface area contributed by atoms with Crippen LogP contribution in [0.4, 0.5) is 5.82 Å². The maximum Gasteiger partial charge on any atom is 0.203 e. The molecule has 20 heavy (non-hydrogen) atoms. The number of methoxy groups -OCH3 is 3. The van der Waals surface area contributed by atoms with Gasteiger partial charge in [-0.15, -0.1) is 0 Å². The van der Waals surface area contributed by atoms with E-state index in [4.69, 9.17) is 14.2 Å². The van der Waals surface area contributed by atoms with E-state index in [-0.39, 0.29) is 0 Å². The van der Waals surface area contributed by atoms with Gasteiger partial charge in [0.2, 0.25) is 5.75 Å². The second-order valence-electron chi connectivity index (χ2n) is 4.26. The Morgan fingerprint density at radius 2 is 1.75 bits per heavy atom. The molecule has 0 aliphatic heterocycles. The number of hydrogen-bond donors (Lipinski definition) is 1. The summed E-state index contributed by atoms with van der Waals surface area (Å²) in [5.74, 6) is 2.70. The molecule has 0 radical (unpaired) electrons. The number of nitrogens with zero attached hydrogens (tertiary/aromatic N) is 2. The molecule has 0 saturated carbocycles. The Balaban J connectivity index is 2.19. The van der Waals surface area contributed by atoms with Crippen LogP contribution in [0.1, 0.15) is 5.56 Å². The molecule has 2 aromatic rings. The van der Waals surface area contributed by atoms with Gasteiger partial charge >= 0.3 is 0 Å². The molecule has 1 N–H and O–H groups in total. The van der Waals surface area contributed by atoms with E-state index in [1.165, 1.54) is 0 Å². The molecule has 0 atom stereocenters. The van der Waals surface area contributed by atoms with Crippen LogP contribution in [0.2, 0.25) is 0 Å². The third-order valence-corrected chi connectivity index (χ3v) is 2.91. The first-order chi connectivity index (χ1) is 9.67. The van der Waals surface area contributed by atoms with Crippen LogP contribution in [0.3, 0.4) is 0 Å². The van der Waals surface area contributed by atoms with Gasteiger partial charge in [-0.05, 0) is 17.7 Å². The van der Waals surface area contributed by atoms with Crippen LogP contribution >= 0.6 is 0 Å². The lowest BCUT2D eigenvalue weighted by molar-refractivity contribution is 0.324. The number of anilines is 1. The van der Waals surface area contributed by atoms with E-state index >= 15 is 0 Å². The van der Waals surface area contributed by atoms with Gasteiger partial charge in [0.25, 0.3) is 0 Å². The predicted octanol–water partition coefficient (Wildman–Crippen LogP) is 2.06. The highest BCUT2D eigenvalue weighted by Gasteiger charge is 2.13. The van der Waals surface area contributed by atoms with Crippen LogP contribution in [0.25, 0.3) is 0 Å². The number of aromatic nitrogens is 2. The van der Waals surface area contributed by atoms with Gasteiger partial charge in [0, 0.05) is 25.9 Å². The van der Waals surface area contributed by atoms with Gasteiger partial charge in [0.15, 0.2) is 11.5 Å². The Morgan fingerprint density at radius 3 is 2.20 bits per heavy atom. The Hall–Kier alpha value is -2.37. The SMILES string of the molecule is COc1cc(CNc2ccn(C)n2)cc(OC)c1OC. The van der Waals surface area contributed by atoms with E-state index in [9.17, 15) is 0 Å². The average Bonchev–Trinajstić information content (AvgIpc) is 2.89. The van der Waals surface area contributed by atoms with Gasteiger partial charge in [-0.3, -0.25) is 4.68 Å². The van der Waals surface area contributed by atoms with Crippen molar-refractivity contribution in [3.05, 3.63) is 30.0 Å². The van der Waals surface area contributed by atoms with Crippen molar-refractivity contribution < 1.29 is 14.2 Å². The summed E-state index contributed by atoms with van der Waals surface area (Å²) in [6.07, 6.45) is 1.89. The van der Waals surface area contributed by atoms with Crippen LogP contribution in [-0.4, -0.2) is 31.1 Å². The molecule has 0 aliphatic carbocycles. The zero-order valence-corrected chi connectivity index (χ0v) is 12.1. The van der Waals surface area contributed by atoms with Gasteiger partial charge in [-0.25, -0.2) is 0 Å². The summed E-state index contributed by atoms with van der Waals surface area (Å²) in [6, 6.07) is 5.74. The quantitative estimate of drug-likeness (QED) is 0.876. The Bertz CT molecular complexity index is 556. The molecule has 1 aromatic heterocycles. The third-order valence-electron chi connectivity index (χ3n) is 2.91. The maximum absolute atomic E-state index is 5.32. The molecule has 1 aromatic carbocycles. The fourth-order valence-corrected chi connectivity index (χ4v) is 1.94. The molecular weight excluding hydrogens is 258 g/mol. The predicted molar refractivity (Wildman–Crippen MR) is 76.6 cm³/mol. The van der Waals surface area contributed by atoms with Crippen LogP contribution in [0.5, 0.6) is 17.2 Å². The van der Waals surface area contributed by atoms with Crippen molar-refractivity contribution in [2.45, 2.75) is 6.54 Å². The van der Waals surface area contributed by atoms with Crippen LogP contribution in [0, 0.1) is 0 Å². The van der Waals surface area contributed by atoms with Crippen molar-refractivity contribution in [3.63, 3.8) is 0 Å². The lowest BCUT2D eigenvalue weighted by Gasteiger charge is -2.14. The van der Waals surface area contributed by atoms with Crippen molar-refractivity contribution in [2.75, 3.05) is 26.6 Å². The molecule has 0 aliphatic rings. The second-order valence-corrected chi connectivity index (χ2v) is 4.26. The summed E-state index contributed by atoms with van der Waals surface area (Å²) in [6.45, 7) is 0.619. The fraction of sp³-hybridized carbons (Fsp3) is 0.357. The largest absolute Gasteiger partial charge is 0.493 e. The molecule has 0 bridgehead atoms. The Labute approximate surface area is 118 Å². The lowest BCUT2D eigenvalue weighted by Crippen LogP contribution is -2.03. The Kier molecular flexibility index (Phi) is 4.34. The molecule has 0 spiro atoms. The van der Waals surface area contributed by atoms with E-state index in [1.807, 2.05) is 31.4 Å². The summed E-state index contributed by atoms with van der Waals surface area (Å²) >= 11 is 0. The van der Waals surface area contributed by atoms with Crippen molar-refractivity contribution in [1.29, 1.82) is 0 Å². The highest BCUT2D eigenvalue weighted by molar-refractivity contribution is 5.54. The van der Waals surface area contributed by atoms with E-state index in [0.29, 0.717) is 23.8 Å². The summed E-state index contributed by atoms with van der Waals surface area (Å²) in [7, 11) is 6.68. The normalized spacial score (nSPS) is 10.2. The number of hydrogen-bond acceptors (Lipinski definition) is 5. The molecule has 1 heterocycles. The standard InChI is InChI=1S/C14H19N3O3/c1-17-6-5-13(16-17)15-9-10-7-11(18-2)14(20-4)12(8-10)19-3/h5-8H,9H2,1-4H3,(H,15,16). The number of aryl methyl sites for hydroxylation is 1. The van der Waals surface area contributed by atoms with Crippen molar-refractivity contribution >= 4 is 5.82 Å². The lowest BCUT2D eigenvalue weighted by atomic mass is 10.2. The number of ether oxygens (including phenoxy) is 3. The smallest absolute Gasteiger partial charge is 0.203 e. The third kappa shape index (κ3) is 2.96. The van der Waals surface area contributed by atoms with E-state index in [2.05, 4.69) is 10.4 Å². The van der Waals surface area contributed by atoms with Gasteiger partial charge in [-0.1, -0.05) is 0 Å². The van der Waals surface area contributed by atoms with Crippen LogP contribution < -0.4 is 19.5 Å². The minimum Gasteiger partial charge on any atom is -0.493 e. The van der Waals surface area contributed by atoms with Gasteiger partial charge in [0.1, 0.15) is 5.82 Å². The fourth-order valence-electron chi connectivity index (χ4n) is 1.94. The topological polar surface area (TPSA) is 57.5 Å². The van der Waals surface area contributed by atoms with Crippen LogP contribution in [-0.2, 0) is 13.6 Å². The highest BCUT2D eigenvalue weighted by Crippen LogP contribution is 2.38. The average molecular weight is 277 g/mol. The molecule has 2 rings (SSSR count). The van der Waals surface area contributed by atoms with Gasteiger partial charge in [0.05, 0.1) is 21.3 Å². The Morgan fingerprint density at radius 1 is 1.10 bits per heavy atom. The van der Waals surface area contributed by atoms with Crippen molar-refractivity contribution in [1.82, 2.24) is 9.78 Å². The van der Waals surface area contributed by atoms with E-state index < -0.39 is 0 Å². The number of nitrogens with one attached hydrogen (secondary N) is 1. The van der Waals surface area contributed by atoms with Crippen molar-refractivity contribution in [2.24, 2.45) is 7.05 Å². The van der Waals surface area contributed by atoms with Gasteiger partial charge in [-0.2, -0.15) is 5.10 Å². The highest BCUT2D eigenvalue weighted by atomic mass is 16.5. The zero-order chi connectivity index (χ0) is 14.5. The molecule has 0 fully saturated rings. The molecular formula is C14H19N3O3. The summed E-state index contributed by atoms with van der Waals surface area (Å²) in [5, 5.41) is 7.50. The minimum atomic E-state index is 0.594. The molecule has 6 nitrogen and oxygen atoms in total. The zero-order valence-electron chi connectivity index (χ0n) is 12.1. The molecule has 0 unspecified atom stereocenters. The monoisotopic (exact) mass is 277 g/mol. The molecule has 0 amide bonds. The summed E-state index contributed by atoms with van der Waals surface area (Å²) < 4.78 is 17.7.